The highest BCUT2D eigenvalue weighted by Crippen LogP contribution is 2.55. The Balaban J connectivity index is 1.31. The number of carbonyl (C=O) groups excluding carboxylic acids is 1. The molecule has 2 aromatic rings. The fourth-order valence-electron chi connectivity index (χ4n) is 7.31. The lowest BCUT2D eigenvalue weighted by Crippen LogP contribution is -2.59. The van der Waals surface area contributed by atoms with E-state index < -0.39 is 0 Å². The Kier molecular flexibility index (Phi) is 4.29. The van der Waals surface area contributed by atoms with Crippen LogP contribution in [0.15, 0.2) is 23.0 Å². The lowest BCUT2D eigenvalue weighted by molar-refractivity contribution is -0.0167. The van der Waals surface area contributed by atoms with Crippen molar-refractivity contribution >= 4 is 16.8 Å². The minimum Gasteiger partial charge on any atom is -0.347 e. The van der Waals surface area contributed by atoms with Gasteiger partial charge in [-0.3, -0.25) is 14.2 Å². The summed E-state index contributed by atoms with van der Waals surface area (Å²) < 4.78 is 1.86. The van der Waals surface area contributed by atoms with Crippen molar-refractivity contribution in [3.8, 4) is 0 Å². The zero-order valence-electron chi connectivity index (χ0n) is 17.7. The summed E-state index contributed by atoms with van der Waals surface area (Å²) >= 11 is 0. The van der Waals surface area contributed by atoms with Gasteiger partial charge in [-0.25, -0.2) is 4.98 Å². The number of hydrogen-bond acceptors (Lipinski definition) is 3. The van der Waals surface area contributed by atoms with Gasteiger partial charge < -0.3 is 5.32 Å². The average molecular weight is 406 g/mol. The zero-order chi connectivity index (χ0) is 20.3. The Hall–Kier alpha value is -2.17. The summed E-state index contributed by atoms with van der Waals surface area (Å²) in [6, 6.07) is 5.47. The average Bonchev–Trinajstić information content (AvgIpc) is 2.68. The quantitative estimate of drug-likeness (QED) is 0.814. The Bertz CT molecular complexity index is 1030. The first-order valence-corrected chi connectivity index (χ1v) is 11.9. The molecule has 5 nitrogen and oxygen atoms in total. The third-order valence-corrected chi connectivity index (χ3v) is 8.25. The van der Waals surface area contributed by atoms with E-state index in [0.717, 1.165) is 68.6 Å². The van der Waals surface area contributed by atoms with Crippen LogP contribution in [0, 0.1) is 17.8 Å². The minimum atomic E-state index is -0.000213. The van der Waals surface area contributed by atoms with Gasteiger partial charge in [-0.05, 0) is 87.3 Å². The number of benzene rings is 1. The van der Waals surface area contributed by atoms with E-state index in [1.54, 1.807) is 0 Å². The summed E-state index contributed by atoms with van der Waals surface area (Å²) in [5.74, 6) is 3.29. The van der Waals surface area contributed by atoms with E-state index in [9.17, 15) is 9.59 Å². The first kappa shape index (κ1) is 18.6. The van der Waals surface area contributed by atoms with Crippen molar-refractivity contribution in [2.45, 2.75) is 82.7 Å². The van der Waals surface area contributed by atoms with Crippen molar-refractivity contribution in [3.63, 3.8) is 0 Å². The van der Waals surface area contributed by atoms with Crippen molar-refractivity contribution in [2.75, 3.05) is 0 Å². The van der Waals surface area contributed by atoms with E-state index in [2.05, 4.69) is 5.32 Å². The third kappa shape index (κ3) is 3.09. The molecule has 7 rings (SSSR count). The second-order valence-corrected chi connectivity index (χ2v) is 10.5. The third-order valence-electron chi connectivity index (χ3n) is 8.25. The normalized spacial score (nSPS) is 32.5. The number of aromatic nitrogens is 2. The molecule has 2 heterocycles. The molecule has 1 aromatic heterocycles. The molecule has 4 fully saturated rings. The van der Waals surface area contributed by atoms with E-state index in [0.29, 0.717) is 16.5 Å². The highest BCUT2D eigenvalue weighted by atomic mass is 16.2. The van der Waals surface area contributed by atoms with Gasteiger partial charge in [0.2, 0.25) is 0 Å². The molecule has 5 aliphatic rings. The molecule has 4 aliphatic carbocycles. The molecule has 1 N–H and O–H groups in total. The van der Waals surface area contributed by atoms with Gasteiger partial charge in [0.1, 0.15) is 5.82 Å². The molecule has 4 bridgehead atoms. The Morgan fingerprint density at radius 2 is 1.70 bits per heavy atom. The van der Waals surface area contributed by atoms with E-state index in [1.807, 2.05) is 22.8 Å². The smallest absolute Gasteiger partial charge is 0.261 e. The summed E-state index contributed by atoms with van der Waals surface area (Å²) in [5, 5.41) is 4.08. The molecule has 0 radical (unpaired) electrons. The molecule has 0 atom stereocenters. The van der Waals surface area contributed by atoms with Crippen LogP contribution in [-0.4, -0.2) is 21.0 Å². The molecule has 1 amide bonds. The maximum atomic E-state index is 13.2. The van der Waals surface area contributed by atoms with Crippen LogP contribution in [0.2, 0.25) is 0 Å². The van der Waals surface area contributed by atoms with Crippen molar-refractivity contribution in [1.82, 2.24) is 14.9 Å². The summed E-state index contributed by atoms with van der Waals surface area (Å²) in [7, 11) is 0. The largest absolute Gasteiger partial charge is 0.347 e. The number of hydrogen-bond donors (Lipinski definition) is 1. The van der Waals surface area contributed by atoms with Crippen molar-refractivity contribution in [3.05, 3.63) is 39.9 Å². The maximum Gasteiger partial charge on any atom is 0.261 e. The summed E-state index contributed by atoms with van der Waals surface area (Å²) in [6.07, 6.45) is 12.8. The Morgan fingerprint density at radius 1 is 1.00 bits per heavy atom. The van der Waals surface area contributed by atoms with Gasteiger partial charge in [0.05, 0.1) is 10.9 Å². The Morgan fingerprint density at radius 3 is 2.43 bits per heavy atom. The summed E-state index contributed by atoms with van der Waals surface area (Å²) in [4.78, 5) is 31.1. The first-order valence-electron chi connectivity index (χ1n) is 11.9. The SMILES string of the molecule is O=C(NC12CC3CC(CC(C3)C1)C2)c1ccc2c(=O)n3c(nc2c1)CCCCCC3. The Labute approximate surface area is 177 Å². The number of aryl methyl sites for hydroxylation is 1. The van der Waals surface area contributed by atoms with Crippen LogP contribution in [0.3, 0.4) is 0 Å². The molecule has 158 valence electrons. The van der Waals surface area contributed by atoms with Crippen molar-refractivity contribution in [2.24, 2.45) is 17.8 Å². The molecular formula is C25H31N3O2. The molecule has 1 aromatic carbocycles. The minimum absolute atomic E-state index is 0.000213. The predicted molar refractivity (Wildman–Crippen MR) is 117 cm³/mol. The lowest BCUT2D eigenvalue weighted by Gasteiger charge is -2.56. The van der Waals surface area contributed by atoms with Crippen LogP contribution < -0.4 is 10.9 Å². The molecular weight excluding hydrogens is 374 g/mol. The lowest BCUT2D eigenvalue weighted by atomic mass is 9.53. The van der Waals surface area contributed by atoms with Crippen LogP contribution in [0.4, 0.5) is 0 Å². The second kappa shape index (κ2) is 6.93. The van der Waals surface area contributed by atoms with Crippen LogP contribution in [0.5, 0.6) is 0 Å². The predicted octanol–water partition coefficient (Wildman–Crippen LogP) is 4.21. The van der Waals surface area contributed by atoms with Crippen LogP contribution in [0.1, 0.15) is 80.4 Å². The van der Waals surface area contributed by atoms with E-state index in [-0.39, 0.29) is 17.0 Å². The molecule has 1 aliphatic heterocycles. The molecule has 0 unspecified atom stereocenters. The van der Waals surface area contributed by atoms with Crippen LogP contribution >= 0.6 is 0 Å². The highest BCUT2D eigenvalue weighted by molar-refractivity contribution is 5.98. The van der Waals surface area contributed by atoms with Gasteiger partial charge >= 0.3 is 0 Å². The van der Waals surface area contributed by atoms with Gasteiger partial charge in [-0.2, -0.15) is 0 Å². The highest BCUT2D eigenvalue weighted by Gasteiger charge is 2.51. The number of rotatable bonds is 2. The number of carbonyl (C=O) groups is 1. The van der Waals surface area contributed by atoms with Crippen LogP contribution in [0.25, 0.3) is 10.9 Å². The topological polar surface area (TPSA) is 64.0 Å². The van der Waals surface area contributed by atoms with Gasteiger partial charge in [0, 0.05) is 24.1 Å². The standard InChI is InChI=1S/C25H31N3O2/c29-23(27-25-13-16-9-17(14-25)11-18(10-16)15-25)19-6-7-20-21(12-19)26-22-5-3-1-2-4-8-28(22)24(20)30/h6-7,12,16-18H,1-5,8-11,13-15H2,(H,27,29). The molecule has 4 saturated carbocycles. The van der Waals surface area contributed by atoms with Crippen molar-refractivity contribution in [1.29, 1.82) is 0 Å². The van der Waals surface area contributed by atoms with Crippen LogP contribution in [-0.2, 0) is 13.0 Å². The number of nitrogens with zero attached hydrogens (tertiary/aromatic N) is 2. The zero-order valence-corrected chi connectivity index (χ0v) is 17.7. The molecule has 5 heteroatoms. The number of nitrogens with one attached hydrogen (secondary N) is 1. The van der Waals surface area contributed by atoms with Gasteiger partial charge in [0.15, 0.2) is 0 Å². The van der Waals surface area contributed by atoms with Gasteiger partial charge in [-0.15, -0.1) is 0 Å². The summed E-state index contributed by atoms with van der Waals surface area (Å²) in [5.41, 5.74) is 1.36. The molecule has 0 spiro atoms. The number of fused-ring (bicyclic) bond motifs is 2. The fraction of sp³-hybridized carbons (Fsp3) is 0.640. The fourth-order valence-corrected chi connectivity index (χ4v) is 7.31. The molecule has 0 saturated heterocycles. The number of amides is 1. The maximum absolute atomic E-state index is 13.2. The molecule has 30 heavy (non-hydrogen) atoms. The van der Waals surface area contributed by atoms with Crippen molar-refractivity contribution < 1.29 is 4.79 Å². The van der Waals surface area contributed by atoms with E-state index in [4.69, 9.17) is 4.98 Å². The summed E-state index contributed by atoms with van der Waals surface area (Å²) in [6.45, 7) is 0.755. The van der Waals surface area contributed by atoms with Gasteiger partial charge in [0.25, 0.3) is 11.5 Å². The first-order chi connectivity index (χ1) is 14.6. The van der Waals surface area contributed by atoms with Gasteiger partial charge in [-0.1, -0.05) is 12.8 Å². The second-order valence-electron chi connectivity index (χ2n) is 10.5. The van der Waals surface area contributed by atoms with E-state index >= 15 is 0 Å². The van der Waals surface area contributed by atoms with E-state index in [1.165, 1.54) is 32.1 Å². The monoisotopic (exact) mass is 405 g/mol.